The Balaban J connectivity index is 3.07. The predicted molar refractivity (Wildman–Crippen MR) is 58.2 cm³/mol. The molecule has 0 saturated heterocycles. The molecular weight excluding hydrogens is 198 g/mol. The minimum atomic E-state index is -0.453. The van der Waals surface area contributed by atoms with E-state index in [0.29, 0.717) is 11.4 Å². The van der Waals surface area contributed by atoms with Crippen molar-refractivity contribution in [3.05, 3.63) is 28.3 Å². The standard InChI is InChI=1S/C9H13N3O3/c1-10-7-3-2-4-8(11-5-6-13)9(7)12(14)15/h2-4,10-11,13H,5-6H2,1H3. The lowest BCUT2D eigenvalue weighted by Gasteiger charge is -2.08. The Labute approximate surface area is 87.1 Å². The van der Waals surface area contributed by atoms with Gasteiger partial charge in [-0.15, -0.1) is 0 Å². The molecule has 0 atom stereocenters. The quantitative estimate of drug-likeness (QED) is 0.500. The maximum atomic E-state index is 10.8. The van der Waals surface area contributed by atoms with Gasteiger partial charge in [0.25, 0.3) is 0 Å². The molecule has 0 fully saturated rings. The van der Waals surface area contributed by atoms with Gasteiger partial charge in [-0.25, -0.2) is 0 Å². The molecule has 0 aliphatic carbocycles. The Hall–Kier alpha value is -1.82. The minimum absolute atomic E-state index is 0.00606. The van der Waals surface area contributed by atoms with E-state index in [1.807, 2.05) is 0 Å². The Morgan fingerprint density at radius 2 is 2.13 bits per heavy atom. The van der Waals surface area contributed by atoms with Crippen molar-refractivity contribution in [2.75, 3.05) is 30.8 Å². The van der Waals surface area contributed by atoms with Crippen LogP contribution in [0.25, 0.3) is 0 Å². The zero-order valence-corrected chi connectivity index (χ0v) is 8.36. The van der Waals surface area contributed by atoms with Gasteiger partial charge in [-0.2, -0.15) is 0 Å². The van der Waals surface area contributed by atoms with Gasteiger partial charge in [-0.05, 0) is 12.1 Å². The molecule has 0 heterocycles. The minimum Gasteiger partial charge on any atom is -0.395 e. The average molecular weight is 211 g/mol. The maximum absolute atomic E-state index is 10.8. The van der Waals surface area contributed by atoms with E-state index in [9.17, 15) is 10.1 Å². The summed E-state index contributed by atoms with van der Waals surface area (Å²) in [7, 11) is 1.62. The smallest absolute Gasteiger partial charge is 0.315 e. The molecule has 0 amide bonds. The Kier molecular flexibility index (Phi) is 3.87. The third-order valence-corrected chi connectivity index (χ3v) is 1.92. The van der Waals surface area contributed by atoms with Crippen molar-refractivity contribution in [3.8, 4) is 0 Å². The number of nitro groups is 1. The highest BCUT2D eigenvalue weighted by Gasteiger charge is 2.17. The van der Waals surface area contributed by atoms with Crippen molar-refractivity contribution >= 4 is 17.1 Å². The number of nitrogens with one attached hydrogen (secondary N) is 2. The van der Waals surface area contributed by atoms with Gasteiger partial charge in [0.2, 0.25) is 0 Å². The highest BCUT2D eigenvalue weighted by atomic mass is 16.6. The van der Waals surface area contributed by atoms with E-state index in [4.69, 9.17) is 5.11 Å². The summed E-state index contributed by atoms with van der Waals surface area (Å²) in [6, 6.07) is 4.94. The summed E-state index contributed by atoms with van der Waals surface area (Å²) in [5.74, 6) is 0. The number of nitro benzene ring substituents is 1. The van der Waals surface area contributed by atoms with Crippen LogP contribution in [0.4, 0.5) is 17.1 Å². The number of anilines is 2. The third kappa shape index (κ3) is 2.57. The number of aliphatic hydroxyl groups excluding tert-OH is 1. The summed E-state index contributed by atoms with van der Waals surface area (Å²) < 4.78 is 0. The molecule has 1 aromatic carbocycles. The number of benzene rings is 1. The molecule has 1 rings (SSSR count). The number of nitrogens with zero attached hydrogens (tertiary/aromatic N) is 1. The van der Waals surface area contributed by atoms with E-state index >= 15 is 0 Å². The van der Waals surface area contributed by atoms with E-state index in [1.165, 1.54) is 0 Å². The highest BCUT2D eigenvalue weighted by Crippen LogP contribution is 2.32. The molecule has 0 radical (unpaired) electrons. The molecule has 0 aliphatic rings. The highest BCUT2D eigenvalue weighted by molar-refractivity contribution is 5.75. The van der Waals surface area contributed by atoms with Crippen LogP contribution in [-0.4, -0.2) is 30.2 Å². The number of para-hydroxylation sites is 1. The van der Waals surface area contributed by atoms with Crippen LogP contribution in [0.1, 0.15) is 0 Å². The van der Waals surface area contributed by atoms with Crippen molar-refractivity contribution in [1.82, 2.24) is 0 Å². The second kappa shape index (κ2) is 5.16. The number of hydrogen-bond acceptors (Lipinski definition) is 5. The lowest BCUT2D eigenvalue weighted by molar-refractivity contribution is -0.383. The first-order valence-corrected chi connectivity index (χ1v) is 4.50. The normalized spacial score (nSPS) is 9.73. The van der Waals surface area contributed by atoms with Crippen molar-refractivity contribution in [3.63, 3.8) is 0 Å². The van der Waals surface area contributed by atoms with Gasteiger partial charge in [0.15, 0.2) is 0 Å². The van der Waals surface area contributed by atoms with Crippen molar-refractivity contribution in [2.24, 2.45) is 0 Å². The molecule has 0 spiro atoms. The van der Waals surface area contributed by atoms with Crippen molar-refractivity contribution < 1.29 is 10.0 Å². The first kappa shape index (κ1) is 11.3. The predicted octanol–water partition coefficient (Wildman–Crippen LogP) is 1.04. The van der Waals surface area contributed by atoms with Crippen LogP contribution in [0, 0.1) is 10.1 Å². The third-order valence-electron chi connectivity index (χ3n) is 1.92. The molecule has 6 nitrogen and oxygen atoms in total. The lowest BCUT2D eigenvalue weighted by Crippen LogP contribution is -2.08. The molecule has 6 heteroatoms. The zero-order valence-electron chi connectivity index (χ0n) is 8.36. The molecule has 82 valence electrons. The topological polar surface area (TPSA) is 87.4 Å². The Bertz CT molecular complexity index is 354. The first-order chi connectivity index (χ1) is 7.20. The van der Waals surface area contributed by atoms with Crippen LogP contribution in [-0.2, 0) is 0 Å². The van der Waals surface area contributed by atoms with Crippen LogP contribution >= 0.6 is 0 Å². The molecule has 0 aliphatic heterocycles. The summed E-state index contributed by atoms with van der Waals surface area (Å²) in [6.45, 7) is 0.217. The van der Waals surface area contributed by atoms with E-state index in [2.05, 4.69) is 10.6 Å². The van der Waals surface area contributed by atoms with Gasteiger partial charge in [0.05, 0.1) is 11.5 Å². The molecule has 0 unspecified atom stereocenters. The van der Waals surface area contributed by atoms with Crippen LogP contribution in [0.3, 0.4) is 0 Å². The molecule has 3 N–H and O–H groups in total. The van der Waals surface area contributed by atoms with Crippen LogP contribution in [0.15, 0.2) is 18.2 Å². The molecule has 15 heavy (non-hydrogen) atoms. The number of aliphatic hydroxyl groups is 1. The summed E-state index contributed by atoms with van der Waals surface area (Å²) in [4.78, 5) is 10.4. The van der Waals surface area contributed by atoms with E-state index in [1.54, 1.807) is 25.2 Å². The average Bonchev–Trinajstić information content (AvgIpc) is 2.25. The summed E-state index contributed by atoms with van der Waals surface area (Å²) in [6.07, 6.45) is 0. The fourth-order valence-corrected chi connectivity index (χ4v) is 1.28. The summed E-state index contributed by atoms with van der Waals surface area (Å²) in [5.41, 5.74) is 0.845. The fourth-order valence-electron chi connectivity index (χ4n) is 1.28. The van der Waals surface area contributed by atoms with Crippen LogP contribution in [0.2, 0.25) is 0 Å². The van der Waals surface area contributed by atoms with Crippen molar-refractivity contribution in [2.45, 2.75) is 0 Å². The van der Waals surface area contributed by atoms with Crippen LogP contribution < -0.4 is 10.6 Å². The van der Waals surface area contributed by atoms with Crippen LogP contribution in [0.5, 0.6) is 0 Å². The van der Waals surface area contributed by atoms with E-state index in [0.717, 1.165) is 0 Å². The first-order valence-electron chi connectivity index (χ1n) is 4.50. The number of hydrogen-bond donors (Lipinski definition) is 3. The molecular formula is C9H13N3O3. The maximum Gasteiger partial charge on any atom is 0.315 e. The molecule has 0 saturated carbocycles. The molecule has 0 aromatic heterocycles. The largest absolute Gasteiger partial charge is 0.395 e. The SMILES string of the molecule is CNc1cccc(NCCO)c1[N+](=O)[O-]. The molecule has 0 bridgehead atoms. The van der Waals surface area contributed by atoms with E-state index < -0.39 is 4.92 Å². The van der Waals surface area contributed by atoms with Gasteiger partial charge >= 0.3 is 5.69 Å². The lowest BCUT2D eigenvalue weighted by atomic mass is 10.2. The second-order valence-electron chi connectivity index (χ2n) is 2.86. The summed E-state index contributed by atoms with van der Waals surface area (Å²) in [5, 5.41) is 25.0. The molecule has 1 aromatic rings. The Morgan fingerprint density at radius 3 is 2.67 bits per heavy atom. The fraction of sp³-hybridized carbons (Fsp3) is 0.333. The zero-order chi connectivity index (χ0) is 11.3. The Morgan fingerprint density at radius 1 is 1.47 bits per heavy atom. The monoisotopic (exact) mass is 211 g/mol. The van der Waals surface area contributed by atoms with Gasteiger partial charge < -0.3 is 15.7 Å². The van der Waals surface area contributed by atoms with Gasteiger partial charge in [0, 0.05) is 13.6 Å². The van der Waals surface area contributed by atoms with Crippen molar-refractivity contribution in [1.29, 1.82) is 0 Å². The summed E-state index contributed by atoms with van der Waals surface area (Å²) >= 11 is 0. The van der Waals surface area contributed by atoms with E-state index in [-0.39, 0.29) is 18.8 Å². The second-order valence-corrected chi connectivity index (χ2v) is 2.86. The van der Waals surface area contributed by atoms with Gasteiger partial charge in [-0.3, -0.25) is 10.1 Å². The number of rotatable bonds is 5. The van der Waals surface area contributed by atoms with Gasteiger partial charge in [-0.1, -0.05) is 6.07 Å². The van der Waals surface area contributed by atoms with Gasteiger partial charge in [0.1, 0.15) is 11.4 Å².